The van der Waals surface area contributed by atoms with E-state index in [1.54, 1.807) is 55.8 Å². The van der Waals surface area contributed by atoms with Gasteiger partial charge in [-0.05, 0) is 36.4 Å². The molecule has 2 N–H and O–H groups in total. The van der Waals surface area contributed by atoms with Crippen molar-refractivity contribution in [1.29, 1.82) is 5.26 Å². The molecule has 0 atom stereocenters. The molecule has 0 radical (unpaired) electrons. The molecule has 7 nitrogen and oxygen atoms in total. The maximum absolute atomic E-state index is 12.5. The second kappa shape index (κ2) is 7.37. The summed E-state index contributed by atoms with van der Waals surface area (Å²) in [5, 5.41) is 9.38. The lowest BCUT2D eigenvalue weighted by molar-refractivity contribution is 0.414. The van der Waals surface area contributed by atoms with Gasteiger partial charge in [-0.1, -0.05) is 6.07 Å². The summed E-state index contributed by atoms with van der Waals surface area (Å²) in [4.78, 5) is 16.9. The zero-order valence-electron chi connectivity index (χ0n) is 15.5. The van der Waals surface area contributed by atoms with Crippen LogP contribution in [0.1, 0.15) is 5.56 Å². The van der Waals surface area contributed by atoms with Crippen LogP contribution in [0, 0.1) is 11.3 Å². The van der Waals surface area contributed by atoms with Crippen LogP contribution in [-0.2, 0) is 0 Å². The first-order valence-corrected chi connectivity index (χ1v) is 8.72. The van der Waals surface area contributed by atoms with E-state index in [0.717, 1.165) is 0 Å². The number of furan rings is 1. The molecule has 0 saturated carbocycles. The number of pyridine rings is 2. The number of nitrogens with zero attached hydrogens (tertiary/aromatic N) is 3. The predicted molar refractivity (Wildman–Crippen MR) is 109 cm³/mol. The van der Waals surface area contributed by atoms with Crippen molar-refractivity contribution in [3.63, 3.8) is 0 Å². The highest BCUT2D eigenvalue weighted by Gasteiger charge is 2.16. The third-order valence-corrected chi connectivity index (χ3v) is 4.48. The van der Waals surface area contributed by atoms with E-state index >= 15 is 0 Å². The molecule has 0 aliphatic carbocycles. The van der Waals surface area contributed by atoms with Crippen molar-refractivity contribution in [2.24, 2.45) is 0 Å². The molecule has 0 aliphatic heterocycles. The summed E-state index contributed by atoms with van der Waals surface area (Å²) < 4.78 is 12.3. The number of benzene rings is 1. The van der Waals surface area contributed by atoms with E-state index < -0.39 is 0 Å². The molecule has 1 aromatic carbocycles. The molecule has 0 bridgehead atoms. The lowest BCUT2D eigenvalue weighted by Gasteiger charge is -2.13. The van der Waals surface area contributed by atoms with Gasteiger partial charge in [-0.25, -0.2) is 4.98 Å². The molecule has 0 amide bonds. The minimum Gasteiger partial charge on any atom is -0.497 e. The lowest BCUT2D eigenvalue weighted by Crippen LogP contribution is -2.16. The smallest absolute Gasteiger partial charge is 0.255 e. The molecule has 142 valence electrons. The van der Waals surface area contributed by atoms with Crippen LogP contribution in [0.4, 0.5) is 5.82 Å². The fourth-order valence-electron chi connectivity index (χ4n) is 3.05. The van der Waals surface area contributed by atoms with Crippen LogP contribution in [-0.4, -0.2) is 16.7 Å². The van der Waals surface area contributed by atoms with Crippen LogP contribution in [0.25, 0.3) is 28.3 Å². The summed E-state index contributed by atoms with van der Waals surface area (Å²) >= 11 is 0. The van der Waals surface area contributed by atoms with Gasteiger partial charge in [-0.2, -0.15) is 5.26 Å². The van der Waals surface area contributed by atoms with Gasteiger partial charge in [0.15, 0.2) is 5.76 Å². The van der Waals surface area contributed by atoms with Crippen molar-refractivity contribution in [3.05, 3.63) is 83.0 Å². The van der Waals surface area contributed by atoms with E-state index in [1.807, 2.05) is 12.1 Å². The van der Waals surface area contributed by atoms with E-state index in [2.05, 4.69) is 4.98 Å². The number of methoxy groups -OCH3 is 1. The van der Waals surface area contributed by atoms with E-state index in [4.69, 9.17) is 14.9 Å². The Bertz CT molecular complexity index is 1280. The molecule has 29 heavy (non-hydrogen) atoms. The summed E-state index contributed by atoms with van der Waals surface area (Å²) in [5.41, 5.74) is 8.41. The number of anilines is 1. The van der Waals surface area contributed by atoms with Crippen LogP contribution in [0.2, 0.25) is 0 Å². The Kier molecular flexibility index (Phi) is 4.59. The van der Waals surface area contributed by atoms with E-state index in [9.17, 15) is 10.1 Å². The highest BCUT2D eigenvalue weighted by molar-refractivity contribution is 5.81. The monoisotopic (exact) mass is 384 g/mol. The summed E-state index contributed by atoms with van der Waals surface area (Å²) in [7, 11) is 1.57. The van der Waals surface area contributed by atoms with Crippen molar-refractivity contribution < 1.29 is 9.15 Å². The summed E-state index contributed by atoms with van der Waals surface area (Å²) in [6.07, 6.45) is 3.23. The van der Waals surface area contributed by atoms with Crippen LogP contribution < -0.4 is 16.0 Å². The maximum Gasteiger partial charge on any atom is 0.255 e. The Morgan fingerprint density at radius 3 is 2.76 bits per heavy atom. The number of rotatable bonds is 4. The van der Waals surface area contributed by atoms with Crippen molar-refractivity contribution in [3.8, 4) is 40.1 Å². The normalized spacial score (nSPS) is 10.5. The third-order valence-electron chi connectivity index (χ3n) is 4.48. The van der Waals surface area contributed by atoms with Gasteiger partial charge < -0.3 is 14.9 Å². The molecule has 4 aromatic rings. The third kappa shape index (κ3) is 3.35. The molecule has 7 heteroatoms. The highest BCUT2D eigenvalue weighted by atomic mass is 16.5. The SMILES string of the molecule is COc1cccc(-n2cc(-c3cc(C#N)c(N)nc3-c3ccco3)ccc2=O)c1. The quantitative estimate of drug-likeness (QED) is 0.576. The zero-order valence-corrected chi connectivity index (χ0v) is 15.5. The molecule has 0 fully saturated rings. The molecular formula is C22H16N4O3. The fraction of sp³-hybridized carbons (Fsp3) is 0.0455. The van der Waals surface area contributed by atoms with Crippen LogP contribution in [0.15, 0.2) is 76.3 Å². The Morgan fingerprint density at radius 2 is 2.03 bits per heavy atom. The van der Waals surface area contributed by atoms with Gasteiger partial charge >= 0.3 is 0 Å². The van der Waals surface area contributed by atoms with Crippen LogP contribution in [0.3, 0.4) is 0 Å². The standard InChI is InChI=1S/C22H16N4O3/c1-28-17-5-2-4-16(11-17)26-13-14(7-8-20(26)27)18-10-15(12-23)22(24)25-21(18)19-6-3-9-29-19/h2-11,13H,1H3,(H2,24,25). The predicted octanol–water partition coefficient (Wildman–Crippen LogP) is 3.62. The first kappa shape index (κ1) is 18.1. The molecular weight excluding hydrogens is 368 g/mol. The van der Waals surface area contributed by atoms with Gasteiger partial charge in [0.2, 0.25) is 0 Å². The minimum atomic E-state index is -0.203. The van der Waals surface area contributed by atoms with Crippen molar-refractivity contribution >= 4 is 5.82 Å². The lowest BCUT2D eigenvalue weighted by atomic mass is 10.0. The number of nitriles is 1. The van der Waals surface area contributed by atoms with Crippen molar-refractivity contribution in [2.75, 3.05) is 12.8 Å². The van der Waals surface area contributed by atoms with Crippen LogP contribution in [0.5, 0.6) is 5.75 Å². The van der Waals surface area contributed by atoms with Crippen molar-refractivity contribution in [1.82, 2.24) is 9.55 Å². The first-order chi connectivity index (χ1) is 14.1. The Hall–Kier alpha value is -4.31. The molecule has 4 rings (SSSR count). The van der Waals surface area contributed by atoms with E-state index in [-0.39, 0.29) is 16.9 Å². The Labute approximate surface area is 166 Å². The number of nitrogen functional groups attached to an aromatic ring is 1. The van der Waals surface area contributed by atoms with Gasteiger partial charge in [0, 0.05) is 29.5 Å². The van der Waals surface area contributed by atoms with Gasteiger partial charge in [0.1, 0.15) is 23.3 Å². The molecule has 3 aromatic heterocycles. The zero-order chi connectivity index (χ0) is 20.4. The van der Waals surface area contributed by atoms with Gasteiger partial charge in [0.05, 0.1) is 24.6 Å². The highest BCUT2D eigenvalue weighted by Crippen LogP contribution is 2.33. The molecule has 0 aliphatic rings. The first-order valence-electron chi connectivity index (χ1n) is 8.72. The summed E-state index contributed by atoms with van der Waals surface area (Å²) in [6.45, 7) is 0. The number of ether oxygens (including phenoxy) is 1. The fourth-order valence-corrected chi connectivity index (χ4v) is 3.05. The Morgan fingerprint density at radius 1 is 1.17 bits per heavy atom. The second-order valence-electron chi connectivity index (χ2n) is 6.23. The molecule has 0 spiro atoms. The van der Waals surface area contributed by atoms with Gasteiger partial charge in [-0.15, -0.1) is 0 Å². The summed E-state index contributed by atoms with van der Waals surface area (Å²) in [5.74, 6) is 1.26. The molecule has 0 unspecified atom stereocenters. The number of hydrogen-bond acceptors (Lipinski definition) is 6. The van der Waals surface area contributed by atoms with E-state index in [0.29, 0.717) is 34.0 Å². The summed E-state index contributed by atoms with van der Waals surface area (Å²) in [6, 6.07) is 17.5. The maximum atomic E-state index is 12.5. The average Bonchev–Trinajstić information content (AvgIpc) is 3.29. The average molecular weight is 384 g/mol. The van der Waals surface area contributed by atoms with Crippen molar-refractivity contribution in [2.45, 2.75) is 0 Å². The van der Waals surface area contributed by atoms with E-state index in [1.165, 1.54) is 16.9 Å². The number of nitrogens with two attached hydrogens (primary N) is 1. The second-order valence-corrected chi connectivity index (χ2v) is 6.23. The minimum absolute atomic E-state index is 0.115. The largest absolute Gasteiger partial charge is 0.497 e. The Balaban J connectivity index is 1.94. The number of aromatic nitrogens is 2. The molecule has 0 saturated heterocycles. The van der Waals surface area contributed by atoms with Gasteiger partial charge in [-0.3, -0.25) is 9.36 Å². The van der Waals surface area contributed by atoms with Crippen LogP contribution >= 0.6 is 0 Å². The topological polar surface area (TPSA) is 107 Å². The van der Waals surface area contributed by atoms with Gasteiger partial charge in [0.25, 0.3) is 5.56 Å². The number of hydrogen-bond donors (Lipinski definition) is 1. The molecule has 3 heterocycles.